The van der Waals surface area contributed by atoms with E-state index in [9.17, 15) is 14.0 Å². The lowest BCUT2D eigenvalue weighted by molar-refractivity contribution is -0.121. The Labute approximate surface area is 138 Å². The first-order valence-electron chi connectivity index (χ1n) is 7.11. The highest BCUT2D eigenvalue weighted by Crippen LogP contribution is 2.22. The zero-order chi connectivity index (χ0) is 16.1. The molecule has 1 fully saturated rings. The van der Waals surface area contributed by atoms with Crippen molar-refractivity contribution in [2.24, 2.45) is 0 Å². The molecule has 0 bridgehead atoms. The van der Waals surface area contributed by atoms with Crippen LogP contribution in [-0.2, 0) is 4.79 Å². The van der Waals surface area contributed by atoms with Gasteiger partial charge < -0.3 is 10.2 Å². The largest absolute Gasteiger partial charge is 0.353 e. The van der Waals surface area contributed by atoms with E-state index < -0.39 is 11.7 Å². The van der Waals surface area contributed by atoms with E-state index in [-0.39, 0.29) is 34.8 Å². The third-order valence-electron chi connectivity index (χ3n) is 3.65. The lowest BCUT2D eigenvalue weighted by Crippen LogP contribution is -2.46. The Hall–Kier alpha value is -1.33. The fraction of sp³-hybridized carbons (Fsp3) is 0.467. The van der Waals surface area contributed by atoms with E-state index in [4.69, 9.17) is 23.2 Å². The molecular weight excluding hydrogens is 330 g/mol. The quantitative estimate of drug-likeness (QED) is 0.852. The van der Waals surface area contributed by atoms with Crippen LogP contribution in [-0.4, -0.2) is 41.7 Å². The summed E-state index contributed by atoms with van der Waals surface area (Å²) in [6.07, 6.45) is 1.54. The van der Waals surface area contributed by atoms with Crippen LogP contribution in [0, 0.1) is 5.82 Å². The molecule has 0 spiro atoms. The lowest BCUT2D eigenvalue weighted by Gasteiger charge is -2.32. The molecule has 1 aromatic carbocycles. The molecule has 1 aliphatic heterocycles. The van der Waals surface area contributed by atoms with Gasteiger partial charge >= 0.3 is 0 Å². The number of piperidine rings is 1. The van der Waals surface area contributed by atoms with Crippen molar-refractivity contribution in [2.45, 2.75) is 25.3 Å². The number of nitrogens with zero attached hydrogens (tertiary/aromatic N) is 1. The summed E-state index contributed by atoms with van der Waals surface area (Å²) in [6.45, 7) is 0.907. The Morgan fingerprint density at radius 3 is 2.59 bits per heavy atom. The number of hydrogen-bond acceptors (Lipinski definition) is 2. The predicted molar refractivity (Wildman–Crippen MR) is 83.8 cm³/mol. The van der Waals surface area contributed by atoms with Crippen molar-refractivity contribution < 1.29 is 14.0 Å². The predicted octanol–water partition coefficient (Wildman–Crippen LogP) is 2.83. The third-order valence-corrected chi connectivity index (χ3v) is 4.15. The van der Waals surface area contributed by atoms with E-state index in [0.29, 0.717) is 25.9 Å². The highest BCUT2D eigenvalue weighted by molar-refractivity contribution is 6.33. The summed E-state index contributed by atoms with van der Waals surface area (Å²) in [6, 6.07) is 4.21. The molecule has 0 aliphatic carbocycles. The molecule has 2 amide bonds. The maximum absolute atomic E-state index is 13.8. The first-order valence-corrected chi connectivity index (χ1v) is 8.02. The second-order valence-corrected chi connectivity index (χ2v) is 5.95. The van der Waals surface area contributed by atoms with Crippen molar-refractivity contribution in [1.29, 1.82) is 0 Å². The van der Waals surface area contributed by atoms with Gasteiger partial charge in [-0.2, -0.15) is 0 Å². The number of benzene rings is 1. The Kier molecular flexibility index (Phi) is 6.03. The maximum Gasteiger partial charge on any atom is 0.258 e. The normalized spacial score (nSPS) is 15.7. The SMILES string of the molecule is O=C(CCCl)NC1CCN(C(=O)c2c(F)cccc2Cl)CC1. The molecule has 0 aromatic heterocycles. The van der Waals surface area contributed by atoms with E-state index in [1.807, 2.05) is 0 Å². The van der Waals surface area contributed by atoms with Crippen molar-refractivity contribution in [2.75, 3.05) is 19.0 Å². The summed E-state index contributed by atoms with van der Waals surface area (Å²) >= 11 is 11.4. The number of amides is 2. The number of rotatable bonds is 4. The number of nitrogens with one attached hydrogen (secondary N) is 1. The van der Waals surface area contributed by atoms with Crippen LogP contribution in [0.25, 0.3) is 0 Å². The van der Waals surface area contributed by atoms with Crippen molar-refractivity contribution in [1.82, 2.24) is 10.2 Å². The van der Waals surface area contributed by atoms with Crippen LogP contribution in [0.3, 0.4) is 0 Å². The second-order valence-electron chi connectivity index (χ2n) is 5.17. The second kappa shape index (κ2) is 7.79. The monoisotopic (exact) mass is 346 g/mol. The molecule has 1 heterocycles. The minimum Gasteiger partial charge on any atom is -0.353 e. The molecule has 0 saturated carbocycles. The number of hydrogen-bond donors (Lipinski definition) is 1. The van der Waals surface area contributed by atoms with Gasteiger partial charge in [0.25, 0.3) is 5.91 Å². The molecule has 1 aromatic rings. The van der Waals surface area contributed by atoms with Gasteiger partial charge in [0, 0.05) is 31.4 Å². The molecule has 7 heteroatoms. The Morgan fingerprint density at radius 2 is 2.00 bits per heavy atom. The van der Waals surface area contributed by atoms with Crippen LogP contribution in [0.2, 0.25) is 5.02 Å². The Morgan fingerprint density at radius 1 is 1.32 bits per heavy atom. The van der Waals surface area contributed by atoms with Crippen LogP contribution in [0.5, 0.6) is 0 Å². The number of carbonyl (C=O) groups is 2. The zero-order valence-corrected chi connectivity index (χ0v) is 13.5. The minimum atomic E-state index is -0.616. The van der Waals surface area contributed by atoms with Gasteiger partial charge in [0.15, 0.2) is 0 Å². The maximum atomic E-state index is 13.8. The highest BCUT2D eigenvalue weighted by atomic mass is 35.5. The molecule has 22 heavy (non-hydrogen) atoms. The molecule has 2 rings (SSSR count). The number of likely N-dealkylation sites (tertiary alicyclic amines) is 1. The number of alkyl halides is 1. The van der Waals surface area contributed by atoms with Crippen LogP contribution in [0.1, 0.15) is 29.6 Å². The zero-order valence-electron chi connectivity index (χ0n) is 11.9. The molecule has 120 valence electrons. The number of carbonyl (C=O) groups excluding carboxylic acids is 2. The summed E-state index contributed by atoms with van der Waals surface area (Å²) in [7, 11) is 0. The van der Waals surface area contributed by atoms with Gasteiger partial charge in [0.1, 0.15) is 5.82 Å². The topological polar surface area (TPSA) is 49.4 Å². The van der Waals surface area contributed by atoms with Gasteiger partial charge in [-0.1, -0.05) is 17.7 Å². The van der Waals surface area contributed by atoms with Gasteiger partial charge in [0.2, 0.25) is 5.91 Å². The van der Waals surface area contributed by atoms with E-state index >= 15 is 0 Å². The third kappa shape index (κ3) is 4.11. The van der Waals surface area contributed by atoms with E-state index in [2.05, 4.69) is 5.32 Å². The summed E-state index contributed by atoms with van der Waals surface area (Å²) in [5.41, 5.74) is -0.0891. The fourth-order valence-electron chi connectivity index (χ4n) is 2.47. The average Bonchev–Trinajstić information content (AvgIpc) is 2.48. The van der Waals surface area contributed by atoms with Crippen molar-refractivity contribution in [3.05, 3.63) is 34.6 Å². The van der Waals surface area contributed by atoms with Crippen molar-refractivity contribution in [3.63, 3.8) is 0 Å². The highest BCUT2D eigenvalue weighted by Gasteiger charge is 2.27. The molecule has 1 saturated heterocycles. The molecular formula is C15H17Cl2FN2O2. The smallest absolute Gasteiger partial charge is 0.258 e. The first-order chi connectivity index (χ1) is 10.5. The summed E-state index contributed by atoms with van der Waals surface area (Å²) in [4.78, 5) is 25.4. The lowest BCUT2D eigenvalue weighted by atomic mass is 10.0. The number of halogens is 3. The molecule has 4 nitrogen and oxygen atoms in total. The van der Waals surface area contributed by atoms with Crippen molar-refractivity contribution in [3.8, 4) is 0 Å². The fourth-order valence-corrected chi connectivity index (χ4v) is 2.89. The summed E-state index contributed by atoms with van der Waals surface area (Å²) < 4.78 is 13.8. The average molecular weight is 347 g/mol. The van der Waals surface area contributed by atoms with Gasteiger partial charge in [-0.25, -0.2) is 4.39 Å². The van der Waals surface area contributed by atoms with Crippen LogP contribution in [0.4, 0.5) is 4.39 Å². The van der Waals surface area contributed by atoms with Gasteiger partial charge in [0.05, 0.1) is 10.6 Å². The van der Waals surface area contributed by atoms with E-state index in [0.717, 1.165) is 0 Å². The van der Waals surface area contributed by atoms with E-state index in [1.54, 1.807) is 4.90 Å². The molecule has 1 aliphatic rings. The summed E-state index contributed by atoms with van der Waals surface area (Å²) in [5.74, 6) is -0.824. The Balaban J connectivity index is 1.94. The van der Waals surface area contributed by atoms with Crippen LogP contribution < -0.4 is 5.32 Å². The van der Waals surface area contributed by atoms with Gasteiger partial charge in [-0.15, -0.1) is 11.6 Å². The Bertz CT molecular complexity index is 540. The van der Waals surface area contributed by atoms with Gasteiger partial charge in [-0.05, 0) is 25.0 Å². The first kappa shape index (κ1) is 17.0. The minimum absolute atomic E-state index is 0.0239. The molecule has 0 atom stereocenters. The van der Waals surface area contributed by atoms with Gasteiger partial charge in [-0.3, -0.25) is 9.59 Å². The van der Waals surface area contributed by atoms with Crippen molar-refractivity contribution >= 4 is 35.0 Å². The van der Waals surface area contributed by atoms with Crippen LogP contribution in [0.15, 0.2) is 18.2 Å². The van der Waals surface area contributed by atoms with Crippen LogP contribution >= 0.6 is 23.2 Å². The van der Waals surface area contributed by atoms with E-state index in [1.165, 1.54) is 18.2 Å². The molecule has 1 N–H and O–H groups in total. The molecule has 0 unspecified atom stereocenters. The summed E-state index contributed by atoms with van der Waals surface area (Å²) in [5, 5.41) is 2.99. The molecule has 0 radical (unpaired) electrons. The standard InChI is InChI=1S/C15H17Cl2FN2O2/c16-7-4-13(21)19-10-5-8-20(9-6-10)15(22)14-11(17)2-1-3-12(14)18/h1-3,10H,4-9H2,(H,19,21).